The molecule has 0 atom stereocenters. The summed E-state index contributed by atoms with van der Waals surface area (Å²) < 4.78 is 41.1. The maximum atomic E-state index is 13.1. The Morgan fingerprint density at radius 3 is 2.41 bits per heavy atom. The van der Waals surface area contributed by atoms with Gasteiger partial charge in [0.15, 0.2) is 0 Å². The van der Waals surface area contributed by atoms with Crippen LogP contribution < -0.4 is 0 Å². The van der Waals surface area contributed by atoms with Crippen molar-refractivity contribution in [1.82, 2.24) is 14.5 Å². The predicted octanol–water partition coefficient (Wildman–Crippen LogP) is 7.13. The quantitative estimate of drug-likeness (QED) is 0.307. The lowest BCUT2D eigenvalue weighted by atomic mass is 10.1. The molecule has 2 aromatic heterocycles. The molecule has 0 saturated heterocycles. The van der Waals surface area contributed by atoms with Crippen molar-refractivity contribution in [3.05, 3.63) is 81.1 Å². The van der Waals surface area contributed by atoms with E-state index in [1.54, 1.807) is 41.1 Å². The largest absolute Gasteiger partial charge is 0.416 e. The van der Waals surface area contributed by atoms with Crippen LogP contribution in [0.5, 0.6) is 0 Å². The molecule has 2 heterocycles. The normalized spacial score (nSPS) is 11.9. The zero-order valence-electron chi connectivity index (χ0n) is 14.5. The molecular formula is C20H11Cl3F3N3. The highest BCUT2D eigenvalue weighted by Crippen LogP contribution is 2.34. The van der Waals surface area contributed by atoms with Crippen molar-refractivity contribution in [1.29, 1.82) is 0 Å². The van der Waals surface area contributed by atoms with Gasteiger partial charge in [-0.2, -0.15) is 13.2 Å². The van der Waals surface area contributed by atoms with Gasteiger partial charge in [-0.3, -0.25) is 0 Å². The van der Waals surface area contributed by atoms with Crippen molar-refractivity contribution in [2.45, 2.75) is 12.7 Å². The van der Waals surface area contributed by atoms with Crippen molar-refractivity contribution in [3.8, 4) is 11.4 Å². The van der Waals surface area contributed by atoms with Crippen molar-refractivity contribution in [3.63, 3.8) is 0 Å². The van der Waals surface area contributed by atoms with Gasteiger partial charge >= 0.3 is 6.18 Å². The first-order chi connectivity index (χ1) is 13.7. The Labute approximate surface area is 178 Å². The van der Waals surface area contributed by atoms with Gasteiger partial charge in [0.25, 0.3) is 0 Å². The van der Waals surface area contributed by atoms with Crippen LogP contribution in [0.1, 0.15) is 11.1 Å². The lowest BCUT2D eigenvalue weighted by Gasteiger charge is -2.13. The summed E-state index contributed by atoms with van der Waals surface area (Å²) in [6.07, 6.45) is -2.89. The first-order valence-electron chi connectivity index (χ1n) is 8.36. The Morgan fingerprint density at radius 1 is 0.931 bits per heavy atom. The van der Waals surface area contributed by atoms with E-state index >= 15 is 0 Å². The third-order valence-corrected chi connectivity index (χ3v) is 5.41. The van der Waals surface area contributed by atoms with E-state index in [1.807, 2.05) is 0 Å². The van der Waals surface area contributed by atoms with E-state index in [0.29, 0.717) is 38.0 Å². The van der Waals surface area contributed by atoms with Gasteiger partial charge in [0, 0.05) is 12.7 Å². The van der Waals surface area contributed by atoms with Crippen LogP contribution >= 0.6 is 34.8 Å². The molecule has 0 aliphatic carbocycles. The maximum Gasteiger partial charge on any atom is 0.416 e. The molecule has 3 nitrogen and oxygen atoms in total. The molecule has 9 heteroatoms. The number of nitrogens with zero attached hydrogens (tertiary/aromatic N) is 3. The summed E-state index contributed by atoms with van der Waals surface area (Å²) in [5, 5.41) is 0.866. The Morgan fingerprint density at radius 2 is 1.69 bits per heavy atom. The average Bonchev–Trinajstić information content (AvgIpc) is 2.99. The molecule has 0 fully saturated rings. The zero-order valence-corrected chi connectivity index (χ0v) is 16.8. The van der Waals surface area contributed by atoms with Gasteiger partial charge in [0.1, 0.15) is 11.0 Å². The number of imidazole rings is 1. The van der Waals surface area contributed by atoms with Gasteiger partial charge in [-0.1, -0.05) is 46.9 Å². The SMILES string of the molecule is FC(F)(F)c1cccc(Cn2c(-c3cccnc3Cl)nc3cc(Cl)c(Cl)cc32)c1. The van der Waals surface area contributed by atoms with Crippen LogP contribution in [-0.4, -0.2) is 14.5 Å². The van der Waals surface area contributed by atoms with Crippen LogP contribution in [0.3, 0.4) is 0 Å². The topological polar surface area (TPSA) is 30.7 Å². The third-order valence-electron chi connectivity index (χ3n) is 4.39. The molecule has 148 valence electrons. The molecule has 4 rings (SSSR count). The summed E-state index contributed by atoms with van der Waals surface area (Å²) in [7, 11) is 0. The molecule has 2 aromatic carbocycles. The minimum Gasteiger partial charge on any atom is -0.319 e. The van der Waals surface area contributed by atoms with Gasteiger partial charge in [-0.05, 0) is 42.0 Å². The number of hydrogen-bond acceptors (Lipinski definition) is 2. The minimum absolute atomic E-state index is 0.124. The highest BCUT2D eigenvalue weighted by atomic mass is 35.5. The lowest BCUT2D eigenvalue weighted by Crippen LogP contribution is -2.07. The fourth-order valence-corrected chi connectivity index (χ4v) is 3.59. The molecule has 0 bridgehead atoms. The molecule has 29 heavy (non-hydrogen) atoms. The number of rotatable bonds is 3. The number of pyridine rings is 1. The highest BCUT2D eigenvalue weighted by Gasteiger charge is 2.30. The van der Waals surface area contributed by atoms with Crippen LogP contribution in [0.15, 0.2) is 54.7 Å². The molecule has 0 amide bonds. The molecule has 0 unspecified atom stereocenters. The van der Waals surface area contributed by atoms with Crippen LogP contribution in [0.2, 0.25) is 15.2 Å². The Kier molecular flexibility index (Phi) is 5.19. The summed E-state index contributed by atoms with van der Waals surface area (Å²) in [4.78, 5) is 8.65. The number of fused-ring (bicyclic) bond motifs is 1. The standard InChI is InChI=1S/C20H11Cl3F3N3/c21-14-8-16-17(9-15(14)22)29(19(28-16)13-5-2-6-27-18(13)23)10-11-3-1-4-12(7-11)20(24,25)26/h1-9H,10H2. The van der Waals surface area contributed by atoms with Gasteiger partial charge in [0.2, 0.25) is 0 Å². The molecule has 0 aliphatic heterocycles. The molecule has 0 radical (unpaired) electrons. The van der Waals surface area contributed by atoms with E-state index in [2.05, 4.69) is 9.97 Å². The fraction of sp³-hybridized carbons (Fsp3) is 0.100. The molecule has 0 spiro atoms. The Hall–Kier alpha value is -2.28. The summed E-state index contributed by atoms with van der Waals surface area (Å²) in [5.74, 6) is 0.453. The van der Waals surface area contributed by atoms with Gasteiger partial charge in [0.05, 0.1) is 32.2 Å². The van der Waals surface area contributed by atoms with Gasteiger partial charge < -0.3 is 4.57 Å². The molecule has 4 aromatic rings. The number of hydrogen-bond donors (Lipinski definition) is 0. The molecular weight excluding hydrogens is 446 g/mol. The summed E-state index contributed by atoms with van der Waals surface area (Å²) in [6.45, 7) is 0.124. The maximum absolute atomic E-state index is 13.1. The first-order valence-corrected chi connectivity index (χ1v) is 9.50. The van der Waals surface area contributed by atoms with Crippen molar-refractivity contribution < 1.29 is 13.2 Å². The first kappa shape index (κ1) is 20.0. The monoisotopic (exact) mass is 455 g/mol. The number of benzene rings is 2. The van der Waals surface area contributed by atoms with Crippen LogP contribution in [0.4, 0.5) is 13.2 Å². The minimum atomic E-state index is -4.43. The van der Waals surface area contributed by atoms with Gasteiger partial charge in [-0.15, -0.1) is 0 Å². The molecule has 0 N–H and O–H groups in total. The van der Waals surface area contributed by atoms with E-state index in [0.717, 1.165) is 12.1 Å². The van der Waals surface area contributed by atoms with Crippen molar-refractivity contribution in [2.75, 3.05) is 0 Å². The van der Waals surface area contributed by atoms with Crippen LogP contribution in [0.25, 0.3) is 22.4 Å². The summed E-state index contributed by atoms with van der Waals surface area (Å²) in [5.41, 5.74) is 1.44. The van der Waals surface area contributed by atoms with E-state index in [4.69, 9.17) is 34.8 Å². The van der Waals surface area contributed by atoms with Gasteiger partial charge in [-0.25, -0.2) is 9.97 Å². The number of aromatic nitrogens is 3. The summed E-state index contributed by atoms with van der Waals surface area (Å²) in [6, 6.07) is 11.8. The van der Waals surface area contributed by atoms with Crippen molar-refractivity contribution >= 4 is 45.8 Å². The smallest absolute Gasteiger partial charge is 0.319 e. The lowest BCUT2D eigenvalue weighted by molar-refractivity contribution is -0.137. The Bertz CT molecular complexity index is 1220. The second-order valence-electron chi connectivity index (χ2n) is 6.32. The van der Waals surface area contributed by atoms with E-state index < -0.39 is 11.7 Å². The van der Waals surface area contributed by atoms with E-state index in [1.165, 1.54) is 6.07 Å². The number of alkyl halides is 3. The Balaban J connectivity index is 1.92. The van der Waals surface area contributed by atoms with Crippen LogP contribution in [0, 0.1) is 0 Å². The average molecular weight is 457 g/mol. The highest BCUT2D eigenvalue weighted by molar-refractivity contribution is 6.42. The third kappa shape index (κ3) is 3.92. The fourth-order valence-electron chi connectivity index (χ4n) is 3.07. The zero-order chi connectivity index (χ0) is 20.8. The molecule has 0 aliphatic rings. The predicted molar refractivity (Wildman–Crippen MR) is 109 cm³/mol. The second kappa shape index (κ2) is 7.52. The summed E-state index contributed by atoms with van der Waals surface area (Å²) >= 11 is 18.5. The van der Waals surface area contributed by atoms with E-state index in [-0.39, 0.29) is 11.7 Å². The van der Waals surface area contributed by atoms with E-state index in [9.17, 15) is 13.2 Å². The van der Waals surface area contributed by atoms with Crippen LogP contribution in [-0.2, 0) is 12.7 Å². The van der Waals surface area contributed by atoms with Crippen molar-refractivity contribution in [2.24, 2.45) is 0 Å². The number of halogens is 6. The molecule has 0 saturated carbocycles. The second-order valence-corrected chi connectivity index (χ2v) is 7.49.